The van der Waals surface area contributed by atoms with Gasteiger partial charge in [-0.3, -0.25) is 4.79 Å². The van der Waals surface area contributed by atoms with Crippen molar-refractivity contribution in [1.82, 2.24) is 4.90 Å². The summed E-state index contributed by atoms with van der Waals surface area (Å²) in [6.07, 6.45) is 6.28. The second-order valence-electron chi connectivity index (χ2n) is 8.90. The third-order valence-electron chi connectivity index (χ3n) is 6.68. The molecule has 2 heterocycles. The van der Waals surface area contributed by atoms with Crippen molar-refractivity contribution in [1.29, 1.82) is 0 Å². The first-order valence-electron chi connectivity index (χ1n) is 11.1. The highest BCUT2D eigenvalue weighted by Crippen LogP contribution is 2.39. The topological polar surface area (TPSA) is 80.0 Å². The lowest BCUT2D eigenvalue weighted by Crippen LogP contribution is -2.55. The van der Waals surface area contributed by atoms with Crippen LogP contribution in [0.5, 0.6) is 5.75 Å². The van der Waals surface area contributed by atoms with Gasteiger partial charge in [0.1, 0.15) is 11.3 Å². The number of amides is 1. The van der Waals surface area contributed by atoms with Crippen LogP contribution in [-0.4, -0.2) is 41.2 Å². The van der Waals surface area contributed by atoms with Crippen LogP contribution in [0.25, 0.3) is 11.0 Å². The third-order valence-corrected chi connectivity index (χ3v) is 6.68. The molecule has 1 aromatic carbocycles. The van der Waals surface area contributed by atoms with Crippen LogP contribution in [0.1, 0.15) is 56.6 Å². The second kappa shape index (κ2) is 8.42. The number of nitrogens with zero attached hydrogens (tertiary/aromatic N) is 1. The Bertz CT molecular complexity index is 997. The lowest BCUT2D eigenvalue weighted by Gasteiger charge is -2.47. The van der Waals surface area contributed by atoms with E-state index in [2.05, 4.69) is 6.92 Å². The molecule has 2 atom stereocenters. The molecule has 1 amide bonds. The van der Waals surface area contributed by atoms with Crippen molar-refractivity contribution in [2.45, 2.75) is 64.4 Å². The van der Waals surface area contributed by atoms with Gasteiger partial charge >= 0.3 is 5.63 Å². The maximum atomic E-state index is 12.9. The Balaban J connectivity index is 1.52. The van der Waals surface area contributed by atoms with E-state index in [1.165, 1.54) is 6.07 Å². The number of fused-ring (bicyclic) bond motifs is 2. The molecule has 1 aliphatic carbocycles. The molecule has 2 aromatic rings. The molecule has 30 heavy (non-hydrogen) atoms. The monoisotopic (exact) mass is 413 g/mol. The normalized spacial score (nSPS) is 24.0. The molecule has 0 bridgehead atoms. The fraction of sp³-hybridized carbons (Fsp3) is 0.583. The molecule has 0 unspecified atom stereocenters. The van der Waals surface area contributed by atoms with Crippen molar-refractivity contribution >= 4 is 16.9 Å². The van der Waals surface area contributed by atoms with Crippen LogP contribution in [0.15, 0.2) is 27.4 Å². The summed E-state index contributed by atoms with van der Waals surface area (Å²) in [5.74, 6) is 0.678. The summed E-state index contributed by atoms with van der Waals surface area (Å²) in [5, 5.41) is 11.6. The Morgan fingerprint density at radius 3 is 2.93 bits per heavy atom. The van der Waals surface area contributed by atoms with Gasteiger partial charge in [0.05, 0.1) is 11.0 Å². The molecule has 0 spiro atoms. The summed E-state index contributed by atoms with van der Waals surface area (Å²) in [7, 11) is 0. The van der Waals surface area contributed by atoms with Crippen molar-refractivity contribution in [2.75, 3.05) is 19.7 Å². The highest BCUT2D eigenvalue weighted by molar-refractivity contribution is 5.88. The Kier molecular flexibility index (Phi) is 5.87. The number of hydrogen-bond donors (Lipinski definition) is 1. The van der Waals surface area contributed by atoms with E-state index in [-0.39, 0.29) is 24.1 Å². The quantitative estimate of drug-likeness (QED) is 0.758. The van der Waals surface area contributed by atoms with E-state index < -0.39 is 5.60 Å². The number of likely N-dealkylation sites (tertiary alicyclic amines) is 1. The maximum Gasteiger partial charge on any atom is 0.336 e. The van der Waals surface area contributed by atoms with Crippen LogP contribution in [0.3, 0.4) is 0 Å². The van der Waals surface area contributed by atoms with E-state index in [1.807, 2.05) is 24.0 Å². The highest BCUT2D eigenvalue weighted by Gasteiger charge is 2.43. The SMILES string of the molecule is CCCc1cc(=O)oc2cc(C)cc(OCC(=O)N3CC[C@@]4(O)CCCC[C@@H]4C3)c12. The smallest absolute Gasteiger partial charge is 0.336 e. The molecular weight excluding hydrogens is 382 g/mol. The van der Waals surface area contributed by atoms with E-state index >= 15 is 0 Å². The van der Waals surface area contributed by atoms with E-state index in [1.54, 1.807) is 0 Å². The molecule has 1 N–H and O–H groups in total. The minimum absolute atomic E-state index is 0.0611. The standard InChI is InChI=1S/C24H31NO5/c1-3-6-17-13-22(27)30-20-12-16(2)11-19(23(17)20)29-15-21(26)25-10-9-24(28)8-5-4-7-18(24)14-25/h11-13,18,28H,3-10,14-15H2,1-2H3/t18-,24+/m1/s1. The average molecular weight is 414 g/mol. The summed E-state index contributed by atoms with van der Waals surface area (Å²) in [6.45, 7) is 5.08. The number of rotatable bonds is 5. The van der Waals surface area contributed by atoms with Gasteiger partial charge in [-0.2, -0.15) is 0 Å². The Morgan fingerprint density at radius 1 is 1.30 bits per heavy atom. The minimum atomic E-state index is -0.602. The summed E-state index contributed by atoms with van der Waals surface area (Å²) in [5.41, 5.74) is 1.32. The van der Waals surface area contributed by atoms with Gasteiger partial charge in [0.15, 0.2) is 6.61 Å². The number of aliphatic hydroxyl groups is 1. The van der Waals surface area contributed by atoms with Crippen LogP contribution in [0, 0.1) is 12.8 Å². The predicted molar refractivity (Wildman–Crippen MR) is 115 cm³/mol. The number of carbonyl (C=O) groups excluding carboxylic acids is 1. The van der Waals surface area contributed by atoms with E-state index in [0.717, 1.165) is 55.0 Å². The Morgan fingerprint density at radius 2 is 2.13 bits per heavy atom. The number of ether oxygens (including phenoxy) is 1. The first-order valence-corrected chi connectivity index (χ1v) is 11.1. The minimum Gasteiger partial charge on any atom is -0.483 e. The first kappa shape index (κ1) is 20.9. The van der Waals surface area contributed by atoms with Gasteiger partial charge in [-0.05, 0) is 55.9 Å². The average Bonchev–Trinajstić information content (AvgIpc) is 2.70. The van der Waals surface area contributed by atoms with Crippen molar-refractivity contribution in [2.24, 2.45) is 5.92 Å². The molecule has 162 valence electrons. The summed E-state index contributed by atoms with van der Waals surface area (Å²) >= 11 is 0. The van der Waals surface area contributed by atoms with Gasteiger partial charge in [0, 0.05) is 25.1 Å². The molecule has 6 heteroatoms. The number of hydrogen-bond acceptors (Lipinski definition) is 5. The van der Waals surface area contributed by atoms with Crippen molar-refractivity contribution in [3.8, 4) is 5.75 Å². The Labute approximate surface area is 176 Å². The number of benzene rings is 1. The van der Waals surface area contributed by atoms with E-state index in [4.69, 9.17) is 9.15 Å². The molecule has 2 aliphatic rings. The van der Waals surface area contributed by atoms with Crippen LogP contribution in [0.2, 0.25) is 0 Å². The van der Waals surface area contributed by atoms with Gasteiger partial charge in [0.25, 0.3) is 5.91 Å². The molecule has 1 aliphatic heterocycles. The van der Waals surface area contributed by atoms with E-state index in [0.29, 0.717) is 30.8 Å². The van der Waals surface area contributed by atoms with Gasteiger partial charge in [0.2, 0.25) is 0 Å². The largest absolute Gasteiger partial charge is 0.483 e. The summed E-state index contributed by atoms with van der Waals surface area (Å²) < 4.78 is 11.4. The number of aryl methyl sites for hydroxylation is 2. The van der Waals surface area contributed by atoms with Crippen LogP contribution >= 0.6 is 0 Å². The number of carbonyl (C=O) groups is 1. The van der Waals surface area contributed by atoms with Gasteiger partial charge in [-0.15, -0.1) is 0 Å². The highest BCUT2D eigenvalue weighted by atomic mass is 16.5. The van der Waals surface area contributed by atoms with Crippen LogP contribution in [0.4, 0.5) is 0 Å². The molecule has 1 aromatic heterocycles. The molecular formula is C24H31NO5. The molecule has 6 nitrogen and oxygen atoms in total. The first-order chi connectivity index (χ1) is 14.4. The van der Waals surface area contributed by atoms with Gasteiger partial charge in [-0.1, -0.05) is 26.2 Å². The zero-order chi connectivity index (χ0) is 21.3. The lowest BCUT2D eigenvalue weighted by atomic mass is 9.71. The molecule has 2 fully saturated rings. The van der Waals surface area contributed by atoms with Crippen molar-refractivity contribution in [3.05, 3.63) is 39.7 Å². The molecule has 0 radical (unpaired) electrons. The third kappa shape index (κ3) is 4.10. The summed E-state index contributed by atoms with van der Waals surface area (Å²) in [4.78, 5) is 26.6. The maximum absolute atomic E-state index is 12.9. The van der Waals surface area contributed by atoms with Crippen molar-refractivity contribution < 1.29 is 19.1 Å². The summed E-state index contributed by atoms with van der Waals surface area (Å²) in [6, 6.07) is 5.24. The molecule has 1 saturated carbocycles. The molecule has 4 rings (SSSR count). The fourth-order valence-corrected chi connectivity index (χ4v) is 5.08. The molecule has 1 saturated heterocycles. The van der Waals surface area contributed by atoms with E-state index in [9.17, 15) is 14.7 Å². The zero-order valence-corrected chi connectivity index (χ0v) is 17.9. The van der Waals surface area contributed by atoms with Gasteiger partial charge in [-0.25, -0.2) is 4.79 Å². The van der Waals surface area contributed by atoms with Crippen LogP contribution in [-0.2, 0) is 11.2 Å². The van der Waals surface area contributed by atoms with Crippen molar-refractivity contribution in [3.63, 3.8) is 0 Å². The van der Waals surface area contributed by atoms with Crippen LogP contribution < -0.4 is 10.4 Å². The number of piperidine rings is 1. The second-order valence-corrected chi connectivity index (χ2v) is 8.90. The fourth-order valence-electron chi connectivity index (χ4n) is 5.08. The Hall–Kier alpha value is -2.34. The predicted octanol–water partition coefficient (Wildman–Crippen LogP) is 3.59. The van der Waals surface area contributed by atoms with Gasteiger partial charge < -0.3 is 19.2 Å². The lowest BCUT2D eigenvalue weighted by molar-refractivity contribution is -0.145. The zero-order valence-electron chi connectivity index (χ0n) is 17.9.